The minimum Gasteiger partial charge on any atom is -0.273 e. The number of hydrogen-bond acceptors (Lipinski definition) is 3. The number of benzene rings is 2. The summed E-state index contributed by atoms with van der Waals surface area (Å²) in [6.45, 7) is 4.13. The van der Waals surface area contributed by atoms with Gasteiger partial charge in [0, 0.05) is 5.02 Å². The number of hydrazine groups is 1. The molecule has 0 aliphatic carbocycles. The van der Waals surface area contributed by atoms with Crippen molar-refractivity contribution >= 4 is 39.1 Å². The smallest absolute Gasteiger partial charge is 0.267 e. The van der Waals surface area contributed by atoms with Crippen molar-refractivity contribution < 1.29 is 13.2 Å². The van der Waals surface area contributed by atoms with Crippen LogP contribution in [-0.4, -0.2) is 14.3 Å². The van der Waals surface area contributed by atoms with Gasteiger partial charge in [-0.1, -0.05) is 49.2 Å². The topological polar surface area (TPSA) is 75.3 Å². The highest BCUT2D eigenvalue weighted by molar-refractivity contribution is 7.89. The van der Waals surface area contributed by atoms with Gasteiger partial charge < -0.3 is 0 Å². The van der Waals surface area contributed by atoms with Crippen LogP contribution in [0.3, 0.4) is 0 Å². The van der Waals surface area contributed by atoms with Gasteiger partial charge in [0.2, 0.25) is 0 Å². The third kappa shape index (κ3) is 4.95. The van der Waals surface area contributed by atoms with E-state index in [1.54, 1.807) is 12.1 Å². The van der Waals surface area contributed by atoms with Crippen LogP contribution in [0.5, 0.6) is 0 Å². The van der Waals surface area contributed by atoms with E-state index in [0.29, 0.717) is 10.9 Å². The average molecular weight is 401 g/mol. The molecule has 0 spiro atoms. The minimum atomic E-state index is -3.89. The van der Waals surface area contributed by atoms with Crippen molar-refractivity contribution in [3.8, 4) is 0 Å². The molecule has 0 aliphatic heterocycles. The first-order chi connectivity index (χ1) is 11.7. The number of sulfonamides is 1. The number of nitrogens with one attached hydrogen (secondary N) is 2. The molecule has 25 heavy (non-hydrogen) atoms. The number of carbonyl (C=O) groups excluding carboxylic acids is 1. The third-order valence-electron chi connectivity index (χ3n) is 3.84. The Morgan fingerprint density at radius 3 is 2.36 bits per heavy atom. The van der Waals surface area contributed by atoms with Gasteiger partial charge in [-0.3, -0.25) is 10.2 Å². The number of carbonyl (C=O) groups is 1. The fourth-order valence-electron chi connectivity index (χ4n) is 2.12. The van der Waals surface area contributed by atoms with E-state index in [1.807, 2.05) is 0 Å². The van der Waals surface area contributed by atoms with E-state index in [0.717, 1.165) is 12.0 Å². The van der Waals surface area contributed by atoms with Crippen LogP contribution in [-0.2, 0) is 10.0 Å². The number of hydrogen-bond donors (Lipinski definition) is 2. The van der Waals surface area contributed by atoms with E-state index >= 15 is 0 Å². The molecule has 134 valence electrons. The van der Waals surface area contributed by atoms with Crippen molar-refractivity contribution in [3.63, 3.8) is 0 Å². The van der Waals surface area contributed by atoms with Gasteiger partial charge in [0.15, 0.2) is 0 Å². The van der Waals surface area contributed by atoms with Gasteiger partial charge in [0.1, 0.15) is 0 Å². The van der Waals surface area contributed by atoms with E-state index in [4.69, 9.17) is 23.2 Å². The molecule has 0 bridgehead atoms. The second-order valence-corrected chi connectivity index (χ2v) is 8.09. The number of rotatable bonds is 6. The van der Waals surface area contributed by atoms with Crippen LogP contribution >= 0.6 is 23.2 Å². The Morgan fingerprint density at radius 1 is 1.12 bits per heavy atom. The van der Waals surface area contributed by atoms with Crippen molar-refractivity contribution in [1.82, 2.24) is 10.3 Å². The SMILES string of the molecule is CC[C@H](C)c1ccc(S(=O)(=O)NNC(=O)c2cc(Cl)ccc2Cl)cc1. The third-order valence-corrected chi connectivity index (χ3v) is 5.67. The first-order valence-electron chi connectivity index (χ1n) is 7.61. The van der Waals surface area contributed by atoms with E-state index in [1.165, 1.54) is 30.3 Å². The summed E-state index contributed by atoms with van der Waals surface area (Å²) in [6, 6.07) is 10.9. The average Bonchev–Trinajstić information content (AvgIpc) is 2.61. The first kappa shape index (κ1) is 19.7. The predicted octanol–water partition coefficient (Wildman–Crippen LogP) is 4.13. The molecule has 8 heteroatoms. The number of halogens is 2. The Hall–Kier alpha value is -1.60. The fourth-order valence-corrected chi connectivity index (χ4v) is 3.34. The maximum atomic E-state index is 12.3. The summed E-state index contributed by atoms with van der Waals surface area (Å²) in [4.78, 5) is 14.2. The molecule has 0 radical (unpaired) electrons. The Bertz CT molecular complexity index is 868. The summed E-state index contributed by atoms with van der Waals surface area (Å²) in [5.74, 6) is -0.360. The Labute approximate surface area is 157 Å². The lowest BCUT2D eigenvalue weighted by Crippen LogP contribution is -2.41. The van der Waals surface area contributed by atoms with Crippen LogP contribution in [0.15, 0.2) is 47.4 Å². The molecule has 0 unspecified atom stereocenters. The molecule has 2 aromatic rings. The second-order valence-electron chi connectivity index (χ2n) is 5.56. The zero-order valence-corrected chi connectivity index (χ0v) is 16.0. The molecular formula is C17H18Cl2N2O3S. The highest BCUT2D eigenvalue weighted by Crippen LogP contribution is 2.21. The van der Waals surface area contributed by atoms with Gasteiger partial charge in [-0.2, -0.15) is 0 Å². The van der Waals surface area contributed by atoms with Crippen molar-refractivity contribution in [2.45, 2.75) is 31.1 Å². The molecule has 1 atom stereocenters. The van der Waals surface area contributed by atoms with Crippen LogP contribution in [0.1, 0.15) is 42.1 Å². The maximum absolute atomic E-state index is 12.3. The van der Waals surface area contributed by atoms with Gasteiger partial charge in [0.25, 0.3) is 15.9 Å². The maximum Gasteiger partial charge on any atom is 0.267 e. The minimum absolute atomic E-state index is 0.0528. The van der Waals surface area contributed by atoms with Crippen molar-refractivity contribution in [3.05, 3.63) is 63.6 Å². The molecule has 2 aromatic carbocycles. The Morgan fingerprint density at radius 2 is 1.76 bits per heavy atom. The summed E-state index contributed by atoms with van der Waals surface area (Å²) >= 11 is 11.7. The lowest BCUT2D eigenvalue weighted by Gasteiger charge is -2.12. The van der Waals surface area contributed by atoms with Crippen LogP contribution < -0.4 is 10.3 Å². The van der Waals surface area contributed by atoms with Gasteiger partial charge in [0.05, 0.1) is 15.5 Å². The number of amides is 1. The van der Waals surface area contributed by atoms with E-state index < -0.39 is 15.9 Å². The highest BCUT2D eigenvalue weighted by Gasteiger charge is 2.17. The van der Waals surface area contributed by atoms with Gasteiger partial charge in [-0.05, 0) is 48.2 Å². The summed E-state index contributed by atoms with van der Waals surface area (Å²) in [7, 11) is -3.89. The summed E-state index contributed by atoms with van der Waals surface area (Å²) in [6.07, 6.45) is 0.959. The molecule has 1 amide bonds. The van der Waals surface area contributed by atoms with Crippen molar-refractivity contribution in [2.24, 2.45) is 0 Å². The zero-order valence-electron chi connectivity index (χ0n) is 13.7. The van der Waals surface area contributed by atoms with Crippen LogP contribution in [0, 0.1) is 0 Å². The molecule has 2 N–H and O–H groups in total. The van der Waals surface area contributed by atoms with Crippen LogP contribution in [0.2, 0.25) is 10.0 Å². The predicted molar refractivity (Wildman–Crippen MR) is 99.4 cm³/mol. The summed E-state index contributed by atoms with van der Waals surface area (Å²) in [5.41, 5.74) is 3.26. The normalized spacial score (nSPS) is 12.6. The largest absolute Gasteiger partial charge is 0.273 e. The monoisotopic (exact) mass is 400 g/mol. The summed E-state index contributed by atoms with van der Waals surface area (Å²) < 4.78 is 24.6. The van der Waals surface area contributed by atoms with Gasteiger partial charge >= 0.3 is 0 Å². The molecule has 0 heterocycles. The van der Waals surface area contributed by atoms with Crippen molar-refractivity contribution in [2.75, 3.05) is 0 Å². The molecular weight excluding hydrogens is 383 g/mol. The lowest BCUT2D eigenvalue weighted by molar-refractivity contribution is 0.0945. The van der Waals surface area contributed by atoms with E-state index in [2.05, 4.69) is 24.1 Å². The molecule has 0 aliphatic rings. The van der Waals surface area contributed by atoms with Gasteiger partial charge in [-0.15, -0.1) is 4.83 Å². The molecule has 0 saturated carbocycles. The standard InChI is InChI=1S/C17H18Cl2N2O3S/c1-3-11(2)12-4-7-14(8-5-12)25(23,24)21-20-17(22)15-10-13(18)6-9-16(15)19/h4-11,21H,3H2,1-2H3,(H,20,22)/t11-/m0/s1. The summed E-state index contributed by atoms with van der Waals surface area (Å²) in [5, 5.41) is 0.483. The molecule has 0 fully saturated rings. The zero-order chi connectivity index (χ0) is 18.6. The fraction of sp³-hybridized carbons (Fsp3) is 0.235. The van der Waals surface area contributed by atoms with Crippen LogP contribution in [0.25, 0.3) is 0 Å². The second kappa shape index (κ2) is 8.19. The van der Waals surface area contributed by atoms with Crippen LogP contribution in [0.4, 0.5) is 0 Å². The Balaban J connectivity index is 2.11. The molecule has 0 aromatic heterocycles. The first-order valence-corrected chi connectivity index (χ1v) is 9.85. The van der Waals surface area contributed by atoms with Gasteiger partial charge in [-0.25, -0.2) is 8.42 Å². The van der Waals surface area contributed by atoms with Crippen molar-refractivity contribution in [1.29, 1.82) is 0 Å². The molecule has 2 rings (SSSR count). The lowest BCUT2D eigenvalue weighted by atomic mass is 9.99. The van der Waals surface area contributed by atoms with E-state index in [-0.39, 0.29) is 15.5 Å². The Kier molecular flexibility index (Phi) is 6.46. The quantitative estimate of drug-likeness (QED) is 0.715. The molecule has 5 nitrogen and oxygen atoms in total. The highest BCUT2D eigenvalue weighted by atomic mass is 35.5. The van der Waals surface area contributed by atoms with E-state index in [9.17, 15) is 13.2 Å². The molecule has 0 saturated heterocycles.